The van der Waals surface area contributed by atoms with Crippen LogP contribution in [0.5, 0.6) is 0 Å². The Morgan fingerprint density at radius 2 is 2.00 bits per heavy atom. The molecule has 0 fully saturated rings. The average Bonchev–Trinajstić information content (AvgIpc) is 2.56. The highest BCUT2D eigenvalue weighted by Crippen LogP contribution is 2.34. The number of nitrogens with zero attached hydrogens (tertiary/aromatic N) is 3. The van der Waals surface area contributed by atoms with Crippen LogP contribution < -0.4 is 16.4 Å². The van der Waals surface area contributed by atoms with Crippen LogP contribution in [0.25, 0.3) is 10.2 Å². The number of thiophene rings is 1. The molecule has 2 heterocycles. The van der Waals surface area contributed by atoms with Crippen molar-refractivity contribution in [3.05, 3.63) is 10.6 Å². The summed E-state index contributed by atoms with van der Waals surface area (Å²) in [5.74, 6) is 0.0589. The zero-order valence-corrected chi connectivity index (χ0v) is 10.6. The van der Waals surface area contributed by atoms with Crippen LogP contribution in [-0.4, -0.2) is 30.0 Å². The molecule has 6 nitrogen and oxygen atoms in total. The van der Waals surface area contributed by atoms with Crippen molar-refractivity contribution in [3.8, 4) is 0 Å². The van der Waals surface area contributed by atoms with E-state index in [1.165, 1.54) is 11.3 Å². The number of fused-ring (bicyclic) bond motifs is 1. The van der Waals surface area contributed by atoms with Crippen LogP contribution in [0, 0.1) is 6.92 Å². The van der Waals surface area contributed by atoms with Crippen LogP contribution in [0.2, 0.25) is 0 Å². The van der Waals surface area contributed by atoms with E-state index in [4.69, 9.17) is 11.5 Å². The third kappa shape index (κ3) is 1.78. The van der Waals surface area contributed by atoms with Gasteiger partial charge < -0.3 is 16.4 Å². The summed E-state index contributed by atoms with van der Waals surface area (Å²) in [6.45, 7) is 1.84. The molecule has 0 aliphatic carbocycles. The lowest BCUT2D eigenvalue weighted by Crippen LogP contribution is -2.13. The third-order valence-corrected chi connectivity index (χ3v) is 3.50. The van der Waals surface area contributed by atoms with Gasteiger partial charge in [0.1, 0.15) is 9.71 Å². The molecule has 2 aromatic heterocycles. The summed E-state index contributed by atoms with van der Waals surface area (Å²) in [5, 5.41) is 0.717. The molecule has 0 unspecified atom stereocenters. The van der Waals surface area contributed by atoms with Crippen molar-refractivity contribution in [3.63, 3.8) is 0 Å². The Balaban J connectivity index is 2.78. The van der Waals surface area contributed by atoms with Crippen LogP contribution in [0.1, 0.15) is 15.4 Å². The van der Waals surface area contributed by atoms with Crippen LogP contribution in [0.15, 0.2) is 0 Å². The van der Waals surface area contributed by atoms with Gasteiger partial charge in [0.25, 0.3) is 5.91 Å². The van der Waals surface area contributed by atoms with Gasteiger partial charge in [0.2, 0.25) is 5.95 Å². The van der Waals surface area contributed by atoms with Crippen LogP contribution >= 0.6 is 11.3 Å². The number of hydrogen-bond acceptors (Lipinski definition) is 6. The molecule has 0 saturated carbocycles. The zero-order chi connectivity index (χ0) is 12.7. The quantitative estimate of drug-likeness (QED) is 0.820. The van der Waals surface area contributed by atoms with Gasteiger partial charge in [-0.2, -0.15) is 0 Å². The van der Waals surface area contributed by atoms with Gasteiger partial charge in [-0.1, -0.05) is 0 Å². The second-order valence-corrected chi connectivity index (χ2v) is 4.89. The predicted octanol–water partition coefficient (Wildman–Crippen LogP) is 0.747. The molecule has 0 aromatic carbocycles. The molecular formula is C10H13N5OS. The van der Waals surface area contributed by atoms with E-state index in [0.29, 0.717) is 21.3 Å². The van der Waals surface area contributed by atoms with E-state index in [1.54, 1.807) is 4.90 Å². The first-order chi connectivity index (χ1) is 7.91. The summed E-state index contributed by atoms with van der Waals surface area (Å²) in [6.07, 6.45) is 0. The molecule has 7 heteroatoms. The second kappa shape index (κ2) is 3.85. The number of aryl methyl sites for hydroxylation is 1. The topological polar surface area (TPSA) is 98.1 Å². The fraction of sp³-hybridized carbons (Fsp3) is 0.300. The standard InChI is InChI=1S/C10H13N5OS/c1-4-5-6(11)7(8(12)16)17-9(5)14-10(13-4)15(2)3/h11H2,1-3H3,(H2,12,16). The van der Waals surface area contributed by atoms with Gasteiger partial charge in [0, 0.05) is 14.1 Å². The first-order valence-electron chi connectivity index (χ1n) is 4.95. The molecule has 0 aliphatic heterocycles. The molecule has 0 bridgehead atoms. The SMILES string of the molecule is Cc1nc(N(C)C)nc2sc(C(N)=O)c(N)c12. The minimum atomic E-state index is -0.531. The van der Waals surface area contributed by atoms with Crippen molar-refractivity contribution < 1.29 is 4.79 Å². The molecule has 0 atom stereocenters. The molecule has 90 valence electrons. The number of aromatic nitrogens is 2. The first kappa shape index (κ1) is 11.6. The Morgan fingerprint density at radius 1 is 1.35 bits per heavy atom. The average molecular weight is 251 g/mol. The molecule has 1 amide bonds. The van der Waals surface area contributed by atoms with Crippen LogP contribution in [-0.2, 0) is 0 Å². The Morgan fingerprint density at radius 3 is 2.53 bits per heavy atom. The van der Waals surface area contributed by atoms with E-state index in [-0.39, 0.29) is 0 Å². The molecule has 2 aromatic rings. The summed E-state index contributed by atoms with van der Waals surface area (Å²) >= 11 is 1.20. The smallest absolute Gasteiger partial charge is 0.260 e. The number of hydrogen-bond donors (Lipinski definition) is 2. The number of carbonyl (C=O) groups excluding carboxylic acids is 1. The Kier molecular flexibility index (Phi) is 2.62. The number of anilines is 2. The highest BCUT2D eigenvalue weighted by Gasteiger charge is 2.18. The van der Waals surface area contributed by atoms with Crippen molar-refractivity contribution in [2.45, 2.75) is 6.92 Å². The van der Waals surface area contributed by atoms with E-state index in [0.717, 1.165) is 11.1 Å². The predicted molar refractivity (Wildman–Crippen MR) is 69.4 cm³/mol. The molecule has 4 N–H and O–H groups in total. The monoisotopic (exact) mass is 251 g/mol. The van der Waals surface area contributed by atoms with Gasteiger partial charge in [-0.3, -0.25) is 4.79 Å². The largest absolute Gasteiger partial charge is 0.397 e. The first-order valence-corrected chi connectivity index (χ1v) is 5.77. The molecule has 2 rings (SSSR count). The summed E-state index contributed by atoms with van der Waals surface area (Å²) in [4.78, 5) is 22.7. The lowest BCUT2D eigenvalue weighted by atomic mass is 10.2. The van der Waals surface area contributed by atoms with Crippen molar-refractivity contribution >= 4 is 39.1 Å². The van der Waals surface area contributed by atoms with Gasteiger partial charge in [-0.15, -0.1) is 11.3 Å². The lowest BCUT2D eigenvalue weighted by molar-refractivity contribution is 0.100. The highest BCUT2D eigenvalue weighted by atomic mass is 32.1. The zero-order valence-electron chi connectivity index (χ0n) is 9.81. The molecule has 0 saturated heterocycles. The fourth-order valence-corrected chi connectivity index (χ4v) is 2.56. The minimum Gasteiger partial charge on any atom is -0.397 e. The number of nitrogens with two attached hydrogens (primary N) is 2. The van der Waals surface area contributed by atoms with Crippen molar-refractivity contribution in [1.29, 1.82) is 0 Å². The molecular weight excluding hydrogens is 238 g/mol. The molecule has 17 heavy (non-hydrogen) atoms. The Labute approximate surface area is 102 Å². The fourth-order valence-electron chi connectivity index (χ4n) is 1.56. The summed E-state index contributed by atoms with van der Waals surface area (Å²) in [6, 6.07) is 0. The van der Waals surface area contributed by atoms with Crippen LogP contribution in [0.3, 0.4) is 0 Å². The van der Waals surface area contributed by atoms with E-state index in [1.807, 2.05) is 21.0 Å². The number of amides is 1. The summed E-state index contributed by atoms with van der Waals surface area (Å²) in [7, 11) is 3.71. The van der Waals surface area contributed by atoms with E-state index in [2.05, 4.69) is 9.97 Å². The number of primary amides is 1. The van der Waals surface area contributed by atoms with Gasteiger partial charge in [0.05, 0.1) is 16.8 Å². The second-order valence-electron chi connectivity index (χ2n) is 3.89. The normalized spacial score (nSPS) is 10.8. The molecule has 0 spiro atoms. The maximum atomic E-state index is 11.2. The van der Waals surface area contributed by atoms with Crippen molar-refractivity contribution in [1.82, 2.24) is 9.97 Å². The van der Waals surface area contributed by atoms with Crippen molar-refractivity contribution in [2.24, 2.45) is 5.73 Å². The van der Waals surface area contributed by atoms with E-state index >= 15 is 0 Å². The molecule has 0 aliphatic rings. The number of rotatable bonds is 2. The van der Waals surface area contributed by atoms with Crippen LogP contribution in [0.4, 0.5) is 11.6 Å². The lowest BCUT2D eigenvalue weighted by Gasteiger charge is -2.10. The van der Waals surface area contributed by atoms with Gasteiger partial charge >= 0.3 is 0 Å². The van der Waals surface area contributed by atoms with Crippen molar-refractivity contribution in [2.75, 3.05) is 24.7 Å². The maximum absolute atomic E-state index is 11.2. The molecule has 0 radical (unpaired) electrons. The van der Waals surface area contributed by atoms with Gasteiger partial charge in [-0.25, -0.2) is 9.97 Å². The van der Waals surface area contributed by atoms with Gasteiger partial charge in [-0.05, 0) is 6.92 Å². The summed E-state index contributed by atoms with van der Waals surface area (Å²) in [5.41, 5.74) is 12.3. The summed E-state index contributed by atoms with van der Waals surface area (Å²) < 4.78 is 0. The minimum absolute atomic E-state index is 0.341. The van der Waals surface area contributed by atoms with E-state index in [9.17, 15) is 4.79 Å². The Bertz CT molecular complexity index is 604. The van der Waals surface area contributed by atoms with Gasteiger partial charge in [0.15, 0.2) is 0 Å². The highest BCUT2D eigenvalue weighted by molar-refractivity contribution is 7.21. The number of carbonyl (C=O) groups is 1. The van der Waals surface area contributed by atoms with E-state index < -0.39 is 5.91 Å². The Hall–Kier alpha value is -1.89. The third-order valence-electron chi connectivity index (χ3n) is 2.38. The number of nitrogen functional groups attached to an aromatic ring is 1. The maximum Gasteiger partial charge on any atom is 0.260 e.